The minimum absolute atomic E-state index is 0.0856. The fourth-order valence-corrected chi connectivity index (χ4v) is 5.05. The van der Waals surface area contributed by atoms with Gasteiger partial charge in [-0.2, -0.15) is 0 Å². The largest absolute Gasteiger partial charge is 0.494 e. The van der Waals surface area contributed by atoms with Gasteiger partial charge in [-0.25, -0.2) is 9.78 Å². The van der Waals surface area contributed by atoms with Crippen molar-refractivity contribution in [1.82, 2.24) is 20.2 Å². The van der Waals surface area contributed by atoms with Gasteiger partial charge in [0.2, 0.25) is 5.91 Å². The van der Waals surface area contributed by atoms with E-state index < -0.39 is 30.5 Å². The molecule has 1 aromatic carbocycles. The first-order valence-corrected chi connectivity index (χ1v) is 13.5. The second kappa shape index (κ2) is 10.7. The van der Waals surface area contributed by atoms with Gasteiger partial charge < -0.3 is 29.2 Å². The van der Waals surface area contributed by atoms with Crippen LogP contribution in [0.1, 0.15) is 73.2 Å². The van der Waals surface area contributed by atoms with Crippen molar-refractivity contribution in [3.05, 3.63) is 36.3 Å². The standard InChI is InChI=1S/C28H41BN4O5/c1-9-18-14-22(33(16-18)25(34)23(17(2)3)32-26(35)36-8)24-30-15-21(31-24)19-10-12-20(13-11-19)29-37-27(4,5)28(6,7)38-29/h10-13,15,17-18,22-23H,9,14,16H2,1-8H3,(H,30,31)(H,32,35)/t18-,22-,23-/m0/s1. The topological polar surface area (TPSA) is 106 Å². The molecule has 3 atom stereocenters. The molecule has 2 aromatic rings. The van der Waals surface area contributed by atoms with Gasteiger partial charge in [0.05, 0.1) is 36.2 Å². The van der Waals surface area contributed by atoms with Gasteiger partial charge >= 0.3 is 13.2 Å². The fourth-order valence-electron chi connectivity index (χ4n) is 5.05. The number of imidazole rings is 1. The van der Waals surface area contributed by atoms with E-state index in [2.05, 4.69) is 22.2 Å². The number of aromatic nitrogens is 2. The number of alkyl carbamates (subject to hydrolysis) is 1. The van der Waals surface area contributed by atoms with Crippen LogP contribution in [0.3, 0.4) is 0 Å². The average Bonchev–Trinajstić information content (AvgIpc) is 3.57. The Labute approximate surface area is 226 Å². The summed E-state index contributed by atoms with van der Waals surface area (Å²) in [6.07, 6.45) is 2.99. The van der Waals surface area contributed by atoms with Gasteiger partial charge in [0.1, 0.15) is 11.9 Å². The number of carbonyl (C=O) groups excluding carboxylic acids is 2. The predicted octanol–water partition coefficient (Wildman–Crippen LogP) is 4.06. The molecule has 38 heavy (non-hydrogen) atoms. The third kappa shape index (κ3) is 5.47. The van der Waals surface area contributed by atoms with Crippen molar-refractivity contribution in [1.29, 1.82) is 0 Å². The predicted molar refractivity (Wildman–Crippen MR) is 147 cm³/mol. The molecular formula is C28H41BN4O5. The maximum Gasteiger partial charge on any atom is 0.494 e. The van der Waals surface area contributed by atoms with E-state index in [4.69, 9.17) is 14.0 Å². The third-order valence-electron chi connectivity index (χ3n) is 8.30. The zero-order chi connectivity index (χ0) is 27.8. The summed E-state index contributed by atoms with van der Waals surface area (Å²) in [6, 6.07) is 7.23. The molecule has 0 aliphatic carbocycles. The summed E-state index contributed by atoms with van der Waals surface area (Å²) in [5.41, 5.74) is 2.04. The lowest BCUT2D eigenvalue weighted by atomic mass is 9.79. The van der Waals surface area contributed by atoms with Gasteiger partial charge in [0, 0.05) is 6.54 Å². The molecular weight excluding hydrogens is 483 g/mol. The molecule has 2 aliphatic rings. The second-order valence-corrected chi connectivity index (χ2v) is 11.8. The molecule has 9 nitrogen and oxygen atoms in total. The lowest BCUT2D eigenvalue weighted by molar-refractivity contribution is -0.135. The van der Waals surface area contributed by atoms with E-state index in [1.54, 1.807) is 0 Å². The molecule has 3 heterocycles. The summed E-state index contributed by atoms with van der Waals surface area (Å²) >= 11 is 0. The van der Waals surface area contributed by atoms with E-state index in [1.807, 2.05) is 76.9 Å². The number of benzene rings is 1. The summed E-state index contributed by atoms with van der Waals surface area (Å²) in [6.45, 7) is 14.8. The van der Waals surface area contributed by atoms with Gasteiger partial charge in [0.25, 0.3) is 0 Å². The summed E-state index contributed by atoms with van der Waals surface area (Å²) in [5.74, 6) is 0.913. The van der Waals surface area contributed by atoms with Gasteiger partial charge in [-0.3, -0.25) is 4.79 Å². The first kappa shape index (κ1) is 28.2. The molecule has 0 saturated carbocycles. The van der Waals surface area contributed by atoms with Crippen LogP contribution < -0.4 is 10.8 Å². The smallest absolute Gasteiger partial charge is 0.453 e. The lowest BCUT2D eigenvalue weighted by Gasteiger charge is -2.32. The Kier molecular flexibility index (Phi) is 7.95. The number of hydrogen-bond donors (Lipinski definition) is 2. The molecule has 2 saturated heterocycles. The fraction of sp³-hybridized carbons (Fsp3) is 0.607. The number of carbonyl (C=O) groups is 2. The first-order valence-electron chi connectivity index (χ1n) is 13.5. The first-order chi connectivity index (χ1) is 17.9. The highest BCUT2D eigenvalue weighted by Gasteiger charge is 2.51. The lowest BCUT2D eigenvalue weighted by Crippen LogP contribution is -2.51. The zero-order valence-electron chi connectivity index (χ0n) is 23.8. The normalized spacial score (nSPS) is 23.1. The highest BCUT2D eigenvalue weighted by Crippen LogP contribution is 2.38. The van der Waals surface area contributed by atoms with Crippen molar-refractivity contribution >= 4 is 24.6 Å². The van der Waals surface area contributed by atoms with Crippen LogP contribution in [0.5, 0.6) is 0 Å². The minimum atomic E-state index is -0.669. The number of nitrogens with zero attached hydrogens (tertiary/aromatic N) is 2. The van der Waals surface area contributed by atoms with Gasteiger partial charge in [-0.1, -0.05) is 51.5 Å². The van der Waals surface area contributed by atoms with E-state index in [-0.39, 0.29) is 17.9 Å². The SMILES string of the molecule is CC[C@H]1C[C@@H](c2ncc(-c3ccc(B4OC(C)(C)C(C)(C)O4)cc3)[nH]2)N(C(=O)[C@@H](NC(=O)OC)C(C)C)C1. The van der Waals surface area contributed by atoms with Crippen LogP contribution in [0.2, 0.25) is 0 Å². The van der Waals surface area contributed by atoms with Crippen molar-refractivity contribution < 1.29 is 23.6 Å². The number of aromatic amines is 1. The number of ether oxygens (including phenoxy) is 1. The van der Waals surface area contributed by atoms with Crippen LogP contribution in [0.25, 0.3) is 11.3 Å². The monoisotopic (exact) mass is 524 g/mol. The number of methoxy groups -OCH3 is 1. The van der Waals surface area contributed by atoms with Crippen molar-refractivity contribution in [3.63, 3.8) is 0 Å². The maximum atomic E-state index is 13.6. The highest BCUT2D eigenvalue weighted by atomic mass is 16.7. The molecule has 2 aliphatic heterocycles. The van der Waals surface area contributed by atoms with Crippen molar-refractivity contribution in [2.24, 2.45) is 11.8 Å². The van der Waals surface area contributed by atoms with E-state index >= 15 is 0 Å². The molecule has 1 aromatic heterocycles. The molecule has 2 amide bonds. The Morgan fingerprint density at radius 2 is 1.82 bits per heavy atom. The zero-order valence-corrected chi connectivity index (χ0v) is 23.8. The van der Waals surface area contributed by atoms with E-state index in [9.17, 15) is 9.59 Å². The number of likely N-dealkylation sites (tertiary alicyclic amines) is 1. The van der Waals surface area contributed by atoms with E-state index in [1.165, 1.54) is 7.11 Å². The molecule has 0 bridgehead atoms. The highest BCUT2D eigenvalue weighted by molar-refractivity contribution is 6.62. The number of H-pyrrole nitrogens is 1. The average molecular weight is 524 g/mol. The Bertz CT molecular complexity index is 1130. The molecule has 2 N–H and O–H groups in total. The van der Waals surface area contributed by atoms with E-state index in [0.717, 1.165) is 35.4 Å². The van der Waals surface area contributed by atoms with Crippen LogP contribution in [0.15, 0.2) is 30.5 Å². The second-order valence-electron chi connectivity index (χ2n) is 11.8. The number of nitrogens with one attached hydrogen (secondary N) is 2. The Balaban J connectivity index is 1.53. The maximum absolute atomic E-state index is 13.6. The van der Waals surface area contributed by atoms with Crippen LogP contribution in [0, 0.1) is 11.8 Å². The van der Waals surface area contributed by atoms with Crippen molar-refractivity contribution in [2.75, 3.05) is 13.7 Å². The van der Waals surface area contributed by atoms with Crippen molar-refractivity contribution in [2.45, 2.75) is 84.6 Å². The minimum Gasteiger partial charge on any atom is -0.453 e. The number of hydrogen-bond acceptors (Lipinski definition) is 6. The van der Waals surface area contributed by atoms with Crippen LogP contribution in [0.4, 0.5) is 4.79 Å². The molecule has 0 radical (unpaired) electrons. The quantitative estimate of drug-likeness (QED) is 0.530. The molecule has 206 valence electrons. The summed E-state index contributed by atoms with van der Waals surface area (Å²) < 4.78 is 17.1. The molecule has 2 fully saturated rings. The summed E-state index contributed by atoms with van der Waals surface area (Å²) in [4.78, 5) is 35.5. The molecule has 0 spiro atoms. The number of rotatable bonds is 7. The van der Waals surface area contributed by atoms with Gasteiger partial charge in [-0.15, -0.1) is 0 Å². The Morgan fingerprint density at radius 3 is 2.37 bits per heavy atom. The Hall–Kier alpha value is -2.85. The van der Waals surface area contributed by atoms with Gasteiger partial charge in [-0.05, 0) is 57.0 Å². The van der Waals surface area contributed by atoms with Crippen molar-refractivity contribution in [3.8, 4) is 11.3 Å². The van der Waals surface area contributed by atoms with Crippen LogP contribution >= 0.6 is 0 Å². The van der Waals surface area contributed by atoms with Crippen LogP contribution in [-0.4, -0.2) is 64.9 Å². The number of amides is 2. The molecule has 4 rings (SSSR count). The summed E-state index contributed by atoms with van der Waals surface area (Å²) in [7, 11) is 0.887. The van der Waals surface area contributed by atoms with Gasteiger partial charge in [0.15, 0.2) is 0 Å². The third-order valence-corrected chi connectivity index (χ3v) is 8.30. The Morgan fingerprint density at radius 1 is 1.18 bits per heavy atom. The molecule has 0 unspecified atom stereocenters. The van der Waals surface area contributed by atoms with Crippen LogP contribution in [-0.2, 0) is 18.8 Å². The summed E-state index contributed by atoms with van der Waals surface area (Å²) in [5, 5.41) is 2.71. The van der Waals surface area contributed by atoms with E-state index in [0.29, 0.717) is 12.5 Å². The molecule has 10 heteroatoms.